The summed E-state index contributed by atoms with van der Waals surface area (Å²) >= 11 is 0. The second-order valence-corrected chi connectivity index (χ2v) is 6.40. The molecule has 4 aromatic rings. The van der Waals surface area contributed by atoms with Gasteiger partial charge in [-0.3, -0.25) is 9.78 Å². The third-order valence-corrected chi connectivity index (χ3v) is 4.37. The molecule has 4 rings (SSSR count). The van der Waals surface area contributed by atoms with E-state index in [-0.39, 0.29) is 12.5 Å². The van der Waals surface area contributed by atoms with Crippen LogP contribution < -0.4 is 15.7 Å². The van der Waals surface area contributed by atoms with Crippen molar-refractivity contribution in [3.63, 3.8) is 0 Å². The molecule has 0 saturated heterocycles. The zero-order valence-corrected chi connectivity index (χ0v) is 15.5. The van der Waals surface area contributed by atoms with Crippen LogP contribution in [-0.4, -0.2) is 17.5 Å². The molecule has 2 heterocycles. The number of nitrogens with one attached hydrogen (secondary N) is 1. The summed E-state index contributed by atoms with van der Waals surface area (Å²) in [6, 6.07) is 21.7. The van der Waals surface area contributed by atoms with E-state index in [1.165, 1.54) is 0 Å². The van der Waals surface area contributed by atoms with Gasteiger partial charge < -0.3 is 14.5 Å². The molecule has 0 atom stereocenters. The van der Waals surface area contributed by atoms with Crippen LogP contribution in [0.1, 0.15) is 5.69 Å². The minimum absolute atomic E-state index is 0.107. The highest BCUT2D eigenvalue weighted by molar-refractivity contribution is 5.81. The van der Waals surface area contributed by atoms with E-state index in [4.69, 9.17) is 9.15 Å². The highest BCUT2D eigenvalue weighted by atomic mass is 16.5. The van der Waals surface area contributed by atoms with Crippen molar-refractivity contribution in [1.82, 2.24) is 10.3 Å². The topological polar surface area (TPSA) is 81.4 Å². The number of para-hydroxylation sites is 1. The summed E-state index contributed by atoms with van der Waals surface area (Å²) in [5.41, 5.74) is 2.13. The Morgan fingerprint density at radius 1 is 1.00 bits per heavy atom. The van der Waals surface area contributed by atoms with Gasteiger partial charge in [-0.25, -0.2) is 4.79 Å². The molecule has 0 radical (unpaired) electrons. The van der Waals surface area contributed by atoms with Gasteiger partial charge in [0.15, 0.2) is 6.61 Å². The SMILES string of the molecule is O=C(COc1ccc(-c2cc3ccccc3oc2=O)cc1)NCc1ccccn1. The minimum Gasteiger partial charge on any atom is -0.484 e. The largest absolute Gasteiger partial charge is 0.484 e. The van der Waals surface area contributed by atoms with Crippen LogP contribution in [-0.2, 0) is 11.3 Å². The first-order valence-corrected chi connectivity index (χ1v) is 9.12. The van der Waals surface area contributed by atoms with Crippen molar-refractivity contribution in [2.45, 2.75) is 6.54 Å². The first kappa shape index (κ1) is 18.4. The molecule has 144 valence electrons. The Balaban J connectivity index is 1.39. The Kier molecular flexibility index (Phi) is 5.33. The van der Waals surface area contributed by atoms with Gasteiger partial charge in [-0.1, -0.05) is 36.4 Å². The molecule has 2 aromatic carbocycles. The van der Waals surface area contributed by atoms with E-state index in [1.807, 2.05) is 42.5 Å². The molecule has 1 amide bonds. The number of pyridine rings is 1. The van der Waals surface area contributed by atoms with E-state index >= 15 is 0 Å². The monoisotopic (exact) mass is 386 g/mol. The highest BCUT2D eigenvalue weighted by Gasteiger charge is 2.08. The van der Waals surface area contributed by atoms with Gasteiger partial charge in [-0.2, -0.15) is 0 Å². The van der Waals surface area contributed by atoms with Gasteiger partial charge in [0.1, 0.15) is 11.3 Å². The number of aromatic nitrogens is 1. The summed E-state index contributed by atoms with van der Waals surface area (Å²) in [6.45, 7) is 0.240. The molecule has 0 aliphatic heterocycles. The third kappa shape index (κ3) is 4.50. The number of amides is 1. The van der Waals surface area contributed by atoms with Crippen LogP contribution in [0, 0.1) is 0 Å². The normalized spacial score (nSPS) is 10.6. The van der Waals surface area contributed by atoms with E-state index in [2.05, 4.69) is 10.3 Å². The first-order valence-electron chi connectivity index (χ1n) is 9.12. The summed E-state index contributed by atoms with van der Waals surface area (Å²) in [6.07, 6.45) is 1.68. The zero-order chi connectivity index (χ0) is 20.1. The fourth-order valence-electron chi connectivity index (χ4n) is 2.89. The molecule has 0 fully saturated rings. The maximum atomic E-state index is 12.3. The molecule has 0 spiro atoms. The minimum atomic E-state index is -0.397. The molecular formula is C23H18N2O4. The van der Waals surface area contributed by atoms with Crippen LogP contribution in [0.5, 0.6) is 5.75 Å². The lowest BCUT2D eigenvalue weighted by atomic mass is 10.1. The Morgan fingerprint density at radius 2 is 1.79 bits per heavy atom. The quantitative estimate of drug-likeness (QED) is 0.513. The number of hydrogen-bond acceptors (Lipinski definition) is 5. The highest BCUT2D eigenvalue weighted by Crippen LogP contribution is 2.23. The van der Waals surface area contributed by atoms with Crippen LogP contribution in [0.2, 0.25) is 0 Å². The lowest BCUT2D eigenvalue weighted by Gasteiger charge is -2.08. The Hall–Kier alpha value is -3.93. The molecule has 0 aliphatic carbocycles. The number of hydrogen-bond donors (Lipinski definition) is 1. The van der Waals surface area contributed by atoms with E-state index in [0.717, 1.165) is 16.6 Å². The first-order chi connectivity index (χ1) is 14.2. The summed E-state index contributed by atoms with van der Waals surface area (Å²) in [5, 5.41) is 3.60. The Labute approximate surface area is 166 Å². The average Bonchev–Trinajstić information content (AvgIpc) is 2.77. The Bertz CT molecular complexity index is 1180. The summed E-state index contributed by atoms with van der Waals surface area (Å²) < 4.78 is 10.9. The molecule has 29 heavy (non-hydrogen) atoms. The van der Waals surface area contributed by atoms with Gasteiger partial charge in [0, 0.05) is 11.6 Å². The van der Waals surface area contributed by atoms with Gasteiger partial charge in [0.25, 0.3) is 5.91 Å². The number of ether oxygens (including phenoxy) is 1. The van der Waals surface area contributed by atoms with Crippen LogP contribution in [0.25, 0.3) is 22.1 Å². The number of carbonyl (C=O) groups is 1. The van der Waals surface area contributed by atoms with Crippen LogP contribution in [0.15, 0.2) is 88.2 Å². The molecular weight excluding hydrogens is 368 g/mol. The summed E-state index contributed by atoms with van der Waals surface area (Å²) in [4.78, 5) is 28.3. The number of nitrogens with zero attached hydrogens (tertiary/aromatic N) is 1. The van der Waals surface area contributed by atoms with E-state index in [9.17, 15) is 9.59 Å². The predicted molar refractivity (Wildman–Crippen MR) is 109 cm³/mol. The van der Waals surface area contributed by atoms with Crippen LogP contribution in [0.3, 0.4) is 0 Å². The molecule has 6 nitrogen and oxygen atoms in total. The lowest BCUT2D eigenvalue weighted by molar-refractivity contribution is -0.123. The number of benzene rings is 2. The van der Waals surface area contributed by atoms with Gasteiger partial charge in [0.2, 0.25) is 0 Å². The van der Waals surface area contributed by atoms with Gasteiger partial charge in [-0.05, 0) is 42.0 Å². The van der Waals surface area contributed by atoms with Gasteiger partial charge in [0.05, 0.1) is 17.8 Å². The second kappa shape index (κ2) is 8.39. The van der Waals surface area contributed by atoms with Crippen molar-refractivity contribution in [1.29, 1.82) is 0 Å². The van der Waals surface area contributed by atoms with Crippen molar-refractivity contribution in [2.24, 2.45) is 0 Å². The molecule has 0 bridgehead atoms. The number of rotatable bonds is 6. The van der Waals surface area contributed by atoms with Crippen molar-refractivity contribution < 1.29 is 13.9 Å². The maximum Gasteiger partial charge on any atom is 0.344 e. The average molecular weight is 386 g/mol. The van der Waals surface area contributed by atoms with Gasteiger partial charge in [-0.15, -0.1) is 0 Å². The summed E-state index contributed by atoms with van der Waals surface area (Å²) in [5.74, 6) is 0.293. The van der Waals surface area contributed by atoms with Crippen LogP contribution in [0.4, 0.5) is 0 Å². The standard InChI is InChI=1S/C23H18N2O4/c26-22(25-14-18-6-3-4-12-24-18)15-28-19-10-8-16(9-11-19)20-13-17-5-1-2-7-21(17)29-23(20)27/h1-13H,14-15H2,(H,25,26). The number of carbonyl (C=O) groups excluding carboxylic acids is 1. The molecule has 1 N–H and O–H groups in total. The molecule has 0 aliphatic rings. The third-order valence-electron chi connectivity index (χ3n) is 4.37. The fourth-order valence-corrected chi connectivity index (χ4v) is 2.89. The van der Waals surface area contributed by atoms with Crippen LogP contribution >= 0.6 is 0 Å². The summed E-state index contributed by atoms with van der Waals surface area (Å²) in [7, 11) is 0. The molecule has 6 heteroatoms. The molecule has 2 aromatic heterocycles. The van der Waals surface area contributed by atoms with Crippen molar-refractivity contribution in [3.8, 4) is 16.9 Å². The molecule has 0 saturated carbocycles. The maximum absolute atomic E-state index is 12.3. The smallest absolute Gasteiger partial charge is 0.344 e. The fraction of sp³-hybridized carbons (Fsp3) is 0.0870. The van der Waals surface area contributed by atoms with Crippen molar-refractivity contribution in [2.75, 3.05) is 6.61 Å². The van der Waals surface area contributed by atoms with Gasteiger partial charge >= 0.3 is 5.63 Å². The second-order valence-electron chi connectivity index (χ2n) is 6.40. The van der Waals surface area contributed by atoms with E-state index in [1.54, 1.807) is 36.5 Å². The zero-order valence-electron chi connectivity index (χ0n) is 15.5. The Morgan fingerprint density at radius 3 is 2.59 bits per heavy atom. The lowest BCUT2D eigenvalue weighted by Crippen LogP contribution is -2.28. The predicted octanol–water partition coefficient (Wildman–Crippen LogP) is 3.55. The van der Waals surface area contributed by atoms with Crippen molar-refractivity contribution >= 4 is 16.9 Å². The molecule has 0 unspecified atom stereocenters. The van der Waals surface area contributed by atoms with E-state index in [0.29, 0.717) is 23.4 Å². The number of fused-ring (bicyclic) bond motifs is 1. The van der Waals surface area contributed by atoms with E-state index < -0.39 is 5.63 Å². The van der Waals surface area contributed by atoms with Crippen molar-refractivity contribution in [3.05, 3.63) is 95.1 Å².